The van der Waals surface area contributed by atoms with Gasteiger partial charge in [-0.2, -0.15) is 0 Å². The molecule has 0 bridgehead atoms. The standard InChI is InChI=1S/C20H31ClN4O2.HI/c1-20(2,3)27-18(26)13-23-19(22-4)24-17-9-11-25(12-10-17)14-15-5-7-16(21)8-6-15;/h5-8,17H,9-14H2,1-4H3,(H2,22,23,24);1H. The normalized spacial score (nSPS) is 16.2. The van der Waals surface area contributed by atoms with Crippen molar-refractivity contribution in [3.05, 3.63) is 34.9 Å². The molecule has 0 radical (unpaired) electrons. The van der Waals surface area contributed by atoms with Crippen LogP contribution in [0.2, 0.25) is 5.02 Å². The van der Waals surface area contributed by atoms with Crippen molar-refractivity contribution in [2.24, 2.45) is 4.99 Å². The van der Waals surface area contributed by atoms with E-state index in [9.17, 15) is 4.79 Å². The van der Waals surface area contributed by atoms with Gasteiger partial charge in [0.25, 0.3) is 0 Å². The van der Waals surface area contributed by atoms with E-state index in [-0.39, 0.29) is 36.5 Å². The number of piperidine rings is 1. The predicted molar refractivity (Wildman–Crippen MR) is 126 cm³/mol. The summed E-state index contributed by atoms with van der Waals surface area (Å²) in [6.07, 6.45) is 2.06. The zero-order chi connectivity index (χ0) is 19.9. The molecule has 1 aromatic rings. The first kappa shape index (κ1) is 25.0. The maximum atomic E-state index is 11.8. The molecule has 8 heteroatoms. The smallest absolute Gasteiger partial charge is 0.325 e. The van der Waals surface area contributed by atoms with Gasteiger partial charge in [0.15, 0.2) is 5.96 Å². The molecule has 1 saturated heterocycles. The molecule has 158 valence electrons. The fourth-order valence-electron chi connectivity index (χ4n) is 3.00. The van der Waals surface area contributed by atoms with Crippen molar-refractivity contribution in [2.45, 2.75) is 51.8 Å². The third-order valence-corrected chi connectivity index (χ3v) is 4.54. The average Bonchev–Trinajstić information content (AvgIpc) is 2.60. The molecule has 1 aromatic carbocycles. The SMILES string of the molecule is CN=C(NCC(=O)OC(C)(C)C)NC1CCN(Cc2ccc(Cl)cc2)CC1.I. The second-order valence-corrected chi connectivity index (χ2v) is 8.27. The Morgan fingerprint density at radius 1 is 1.25 bits per heavy atom. The Bertz CT molecular complexity index is 639. The second-order valence-electron chi connectivity index (χ2n) is 7.83. The maximum Gasteiger partial charge on any atom is 0.325 e. The van der Waals surface area contributed by atoms with Gasteiger partial charge in [-0.1, -0.05) is 23.7 Å². The third-order valence-electron chi connectivity index (χ3n) is 4.29. The number of esters is 1. The lowest BCUT2D eigenvalue weighted by Crippen LogP contribution is -2.49. The highest BCUT2D eigenvalue weighted by atomic mass is 127. The number of nitrogens with zero attached hydrogens (tertiary/aromatic N) is 2. The van der Waals surface area contributed by atoms with Crippen LogP contribution in [0.1, 0.15) is 39.2 Å². The van der Waals surface area contributed by atoms with Crippen molar-refractivity contribution < 1.29 is 9.53 Å². The minimum atomic E-state index is -0.480. The van der Waals surface area contributed by atoms with Crippen LogP contribution in [0.5, 0.6) is 0 Å². The van der Waals surface area contributed by atoms with Crippen molar-refractivity contribution in [3.63, 3.8) is 0 Å². The number of hydrogen-bond donors (Lipinski definition) is 2. The van der Waals surface area contributed by atoms with Crippen molar-refractivity contribution in [2.75, 3.05) is 26.7 Å². The van der Waals surface area contributed by atoms with Crippen LogP contribution in [0.15, 0.2) is 29.3 Å². The number of carbonyl (C=O) groups is 1. The number of guanidine groups is 1. The van der Waals surface area contributed by atoms with E-state index < -0.39 is 5.60 Å². The van der Waals surface area contributed by atoms with Gasteiger partial charge in [0.1, 0.15) is 12.1 Å². The molecule has 28 heavy (non-hydrogen) atoms. The fourth-order valence-corrected chi connectivity index (χ4v) is 3.13. The van der Waals surface area contributed by atoms with Gasteiger partial charge >= 0.3 is 5.97 Å². The van der Waals surface area contributed by atoms with Gasteiger partial charge < -0.3 is 15.4 Å². The van der Waals surface area contributed by atoms with Crippen molar-refractivity contribution in [3.8, 4) is 0 Å². The van der Waals surface area contributed by atoms with E-state index in [1.165, 1.54) is 5.56 Å². The summed E-state index contributed by atoms with van der Waals surface area (Å²) in [5, 5.41) is 7.21. The zero-order valence-electron chi connectivity index (χ0n) is 17.1. The molecule has 0 unspecified atom stereocenters. The molecule has 0 saturated carbocycles. The van der Waals surface area contributed by atoms with Crippen LogP contribution in [0, 0.1) is 0 Å². The van der Waals surface area contributed by atoms with E-state index in [1.807, 2.05) is 32.9 Å². The number of halogens is 2. The van der Waals surface area contributed by atoms with Crippen LogP contribution in [-0.2, 0) is 16.1 Å². The van der Waals surface area contributed by atoms with Gasteiger partial charge in [0, 0.05) is 37.7 Å². The zero-order valence-corrected chi connectivity index (χ0v) is 20.2. The first-order valence-electron chi connectivity index (χ1n) is 9.41. The molecule has 0 spiro atoms. The van der Waals surface area contributed by atoms with Crippen molar-refractivity contribution in [1.82, 2.24) is 15.5 Å². The highest BCUT2D eigenvalue weighted by molar-refractivity contribution is 14.0. The van der Waals surface area contributed by atoms with Gasteiger partial charge in [0.05, 0.1) is 0 Å². The van der Waals surface area contributed by atoms with Crippen LogP contribution < -0.4 is 10.6 Å². The molecule has 1 aliphatic heterocycles. The largest absolute Gasteiger partial charge is 0.459 e. The van der Waals surface area contributed by atoms with Gasteiger partial charge in [-0.3, -0.25) is 14.7 Å². The Labute approximate surface area is 190 Å². The Morgan fingerprint density at radius 2 is 1.86 bits per heavy atom. The highest BCUT2D eigenvalue weighted by Crippen LogP contribution is 2.16. The number of likely N-dealkylation sites (tertiary alicyclic amines) is 1. The Kier molecular flexibility index (Phi) is 10.5. The van der Waals surface area contributed by atoms with Crippen LogP contribution >= 0.6 is 35.6 Å². The third kappa shape index (κ3) is 9.43. The Morgan fingerprint density at radius 3 is 2.39 bits per heavy atom. The molecule has 1 aliphatic rings. The van der Waals surface area contributed by atoms with E-state index >= 15 is 0 Å². The molecule has 6 nitrogen and oxygen atoms in total. The summed E-state index contributed by atoms with van der Waals surface area (Å²) in [6.45, 7) is 8.65. The number of nitrogens with one attached hydrogen (secondary N) is 2. The summed E-state index contributed by atoms with van der Waals surface area (Å²) < 4.78 is 5.30. The average molecular weight is 523 g/mol. The Hall–Kier alpha value is -1.06. The quantitative estimate of drug-likeness (QED) is 0.268. The summed E-state index contributed by atoms with van der Waals surface area (Å²) in [6, 6.07) is 8.37. The molecule has 2 rings (SSSR count). The monoisotopic (exact) mass is 522 g/mol. The highest BCUT2D eigenvalue weighted by Gasteiger charge is 2.21. The topological polar surface area (TPSA) is 66.0 Å². The maximum absolute atomic E-state index is 11.8. The fraction of sp³-hybridized carbons (Fsp3) is 0.600. The number of rotatable bonds is 5. The van der Waals surface area contributed by atoms with Crippen LogP contribution in [0.4, 0.5) is 0 Å². The lowest BCUT2D eigenvalue weighted by Gasteiger charge is -2.33. The number of ether oxygens (including phenoxy) is 1. The van der Waals surface area contributed by atoms with Gasteiger partial charge in [-0.05, 0) is 51.3 Å². The van der Waals surface area contributed by atoms with Crippen LogP contribution in [-0.4, -0.2) is 55.2 Å². The van der Waals surface area contributed by atoms with E-state index in [0.29, 0.717) is 12.0 Å². The number of carbonyl (C=O) groups excluding carboxylic acids is 1. The van der Waals surface area contributed by atoms with E-state index in [0.717, 1.165) is 37.5 Å². The first-order chi connectivity index (χ1) is 12.7. The minimum Gasteiger partial charge on any atom is -0.459 e. The summed E-state index contributed by atoms with van der Waals surface area (Å²) in [5.74, 6) is 0.347. The Balaban J connectivity index is 0.00000392. The number of hydrogen-bond acceptors (Lipinski definition) is 4. The second kappa shape index (κ2) is 11.8. The lowest BCUT2D eigenvalue weighted by atomic mass is 10.0. The van der Waals surface area contributed by atoms with Crippen LogP contribution in [0.25, 0.3) is 0 Å². The van der Waals surface area contributed by atoms with Gasteiger partial charge in [-0.15, -0.1) is 24.0 Å². The molecule has 0 atom stereocenters. The summed E-state index contributed by atoms with van der Waals surface area (Å²) >= 11 is 5.94. The summed E-state index contributed by atoms with van der Waals surface area (Å²) in [5.41, 5.74) is 0.799. The predicted octanol–water partition coefficient (Wildman–Crippen LogP) is 3.43. The molecule has 1 fully saturated rings. The molecular formula is C20H32ClIN4O2. The number of aliphatic imine (C=N–C) groups is 1. The van der Waals surface area contributed by atoms with Gasteiger partial charge in [0.2, 0.25) is 0 Å². The van der Waals surface area contributed by atoms with Crippen molar-refractivity contribution in [1.29, 1.82) is 0 Å². The van der Waals surface area contributed by atoms with E-state index in [2.05, 4.69) is 32.7 Å². The van der Waals surface area contributed by atoms with Crippen LogP contribution in [0.3, 0.4) is 0 Å². The lowest BCUT2D eigenvalue weighted by molar-refractivity contribution is -0.153. The van der Waals surface area contributed by atoms with Crippen molar-refractivity contribution >= 4 is 47.5 Å². The van der Waals surface area contributed by atoms with E-state index in [4.69, 9.17) is 16.3 Å². The van der Waals surface area contributed by atoms with Gasteiger partial charge in [-0.25, -0.2) is 0 Å². The molecule has 0 aliphatic carbocycles. The molecule has 0 aromatic heterocycles. The minimum absolute atomic E-state index is 0. The van der Waals surface area contributed by atoms with E-state index in [1.54, 1.807) is 7.05 Å². The molecule has 0 amide bonds. The molecule has 2 N–H and O–H groups in total. The first-order valence-corrected chi connectivity index (χ1v) is 9.79. The number of benzene rings is 1. The summed E-state index contributed by atoms with van der Waals surface area (Å²) in [7, 11) is 1.71. The molecule has 1 heterocycles. The summed E-state index contributed by atoms with van der Waals surface area (Å²) in [4.78, 5) is 18.5. The molecular weight excluding hydrogens is 491 g/mol.